The minimum Gasteiger partial charge on any atom is -0.310 e. The lowest BCUT2D eigenvalue weighted by Gasteiger charge is -2.29. The molecule has 1 aromatic heterocycles. The van der Waals surface area contributed by atoms with Crippen molar-refractivity contribution < 1.29 is 17.6 Å². The zero-order valence-electron chi connectivity index (χ0n) is 15.4. The predicted octanol–water partition coefficient (Wildman–Crippen LogP) is 3.78. The lowest BCUT2D eigenvalue weighted by Crippen LogP contribution is -2.37. The summed E-state index contributed by atoms with van der Waals surface area (Å²) in [6, 6.07) is 2.53. The Labute approximate surface area is 154 Å². The number of rotatable bonds is 2. The number of hydrogen-bond donors (Lipinski definition) is 1. The number of hydrogen-bond acceptors (Lipinski definition) is 3. The van der Waals surface area contributed by atoms with E-state index in [1.54, 1.807) is 0 Å². The van der Waals surface area contributed by atoms with Crippen molar-refractivity contribution in [3.63, 3.8) is 0 Å². The lowest BCUT2D eigenvalue weighted by atomic mass is 9.95. The highest BCUT2D eigenvalue weighted by Crippen LogP contribution is 2.31. The van der Waals surface area contributed by atoms with Crippen molar-refractivity contribution in [3.05, 3.63) is 62.6 Å². The van der Waals surface area contributed by atoms with Gasteiger partial charge in [0.25, 0.3) is 5.56 Å². The molecule has 0 saturated heterocycles. The Bertz CT molecular complexity index is 913. The van der Waals surface area contributed by atoms with Gasteiger partial charge in [-0.2, -0.15) is 13.2 Å². The number of aromatic amines is 1. The van der Waals surface area contributed by atoms with Crippen LogP contribution < -0.4 is 5.56 Å². The fourth-order valence-electron chi connectivity index (χ4n) is 3.13. The number of nitrogens with one attached hydrogen (secondary N) is 1. The second-order valence-electron chi connectivity index (χ2n) is 7.90. The van der Waals surface area contributed by atoms with Gasteiger partial charge in [-0.15, -0.1) is 0 Å². The first kappa shape index (κ1) is 19.5. The Balaban J connectivity index is 1.84. The van der Waals surface area contributed by atoms with Crippen LogP contribution in [0.1, 0.15) is 49.0 Å². The molecule has 1 aliphatic rings. The topological polar surface area (TPSA) is 49.0 Å². The van der Waals surface area contributed by atoms with Crippen LogP contribution in [0.4, 0.5) is 17.6 Å². The summed E-state index contributed by atoms with van der Waals surface area (Å²) < 4.78 is 52.2. The van der Waals surface area contributed by atoms with Crippen molar-refractivity contribution in [2.45, 2.75) is 51.9 Å². The van der Waals surface area contributed by atoms with Gasteiger partial charge in [0.1, 0.15) is 11.6 Å². The van der Waals surface area contributed by atoms with Gasteiger partial charge in [0.15, 0.2) is 0 Å². The number of alkyl halides is 3. The first-order chi connectivity index (χ1) is 12.4. The maximum absolute atomic E-state index is 13.6. The van der Waals surface area contributed by atoms with Gasteiger partial charge in [0, 0.05) is 31.5 Å². The van der Waals surface area contributed by atoms with Crippen LogP contribution in [0.25, 0.3) is 0 Å². The van der Waals surface area contributed by atoms with Crippen molar-refractivity contribution in [2.24, 2.45) is 0 Å². The Kier molecular flexibility index (Phi) is 4.88. The van der Waals surface area contributed by atoms with Gasteiger partial charge in [0.2, 0.25) is 0 Å². The molecule has 1 aliphatic heterocycles. The van der Waals surface area contributed by atoms with Crippen LogP contribution in [0, 0.1) is 5.82 Å². The third kappa shape index (κ3) is 4.37. The Morgan fingerprint density at radius 1 is 1.19 bits per heavy atom. The fraction of sp³-hybridized carbons (Fsp3) is 0.474. The summed E-state index contributed by atoms with van der Waals surface area (Å²) in [4.78, 5) is 21.6. The molecule has 3 rings (SSSR count). The fourth-order valence-corrected chi connectivity index (χ4v) is 3.13. The Hall–Kier alpha value is -2.22. The molecule has 0 fully saturated rings. The van der Waals surface area contributed by atoms with Crippen LogP contribution in [0.2, 0.25) is 0 Å². The molecule has 2 heterocycles. The van der Waals surface area contributed by atoms with Crippen LogP contribution in [0.5, 0.6) is 0 Å². The summed E-state index contributed by atoms with van der Waals surface area (Å²) in [7, 11) is 0. The van der Waals surface area contributed by atoms with Gasteiger partial charge in [0.05, 0.1) is 16.8 Å². The van der Waals surface area contributed by atoms with Gasteiger partial charge >= 0.3 is 6.18 Å². The molecule has 0 atom stereocenters. The largest absolute Gasteiger partial charge is 0.416 e. The normalized spacial score (nSPS) is 15.7. The first-order valence-electron chi connectivity index (χ1n) is 8.65. The molecule has 0 bridgehead atoms. The van der Waals surface area contributed by atoms with E-state index in [4.69, 9.17) is 0 Å². The molecule has 2 aromatic rings. The van der Waals surface area contributed by atoms with E-state index < -0.39 is 17.6 Å². The zero-order valence-corrected chi connectivity index (χ0v) is 15.4. The molecule has 146 valence electrons. The molecule has 0 aliphatic carbocycles. The molecule has 27 heavy (non-hydrogen) atoms. The monoisotopic (exact) mass is 383 g/mol. The maximum Gasteiger partial charge on any atom is 0.416 e. The maximum atomic E-state index is 13.6. The third-order valence-corrected chi connectivity index (χ3v) is 4.55. The summed E-state index contributed by atoms with van der Waals surface area (Å²) >= 11 is 0. The minimum absolute atomic E-state index is 0.126. The molecule has 0 unspecified atom stereocenters. The second kappa shape index (κ2) is 6.74. The van der Waals surface area contributed by atoms with Gasteiger partial charge in [-0.05, 0) is 23.8 Å². The van der Waals surface area contributed by atoms with Gasteiger partial charge in [-0.3, -0.25) is 9.69 Å². The summed E-state index contributed by atoms with van der Waals surface area (Å²) in [5, 5.41) is 0. The second-order valence-corrected chi connectivity index (χ2v) is 7.90. The first-order valence-corrected chi connectivity index (χ1v) is 8.65. The molecular formula is C19H21F4N3O. The molecule has 1 N–H and O–H groups in total. The van der Waals surface area contributed by atoms with E-state index in [2.05, 4.69) is 9.97 Å². The van der Waals surface area contributed by atoms with Crippen molar-refractivity contribution in [1.29, 1.82) is 0 Å². The van der Waals surface area contributed by atoms with Crippen LogP contribution >= 0.6 is 0 Å². The standard InChI is InChI=1S/C19H21F4N3O/c1-18(2,3)17-24-15-4-5-26(10-14(15)16(27)25-17)9-11-6-12(19(21,22)23)8-13(20)7-11/h6-8H,4-5,9-10H2,1-3H3,(H,24,25,27). The summed E-state index contributed by atoms with van der Waals surface area (Å²) in [6.45, 7) is 6.78. The van der Waals surface area contributed by atoms with E-state index >= 15 is 0 Å². The molecule has 0 spiro atoms. The summed E-state index contributed by atoms with van der Waals surface area (Å²) in [5.41, 5.74) is -0.0756. The van der Waals surface area contributed by atoms with Gasteiger partial charge in [-0.25, -0.2) is 9.37 Å². The quantitative estimate of drug-likeness (QED) is 0.803. The Morgan fingerprint density at radius 2 is 1.89 bits per heavy atom. The highest BCUT2D eigenvalue weighted by molar-refractivity contribution is 5.28. The van der Waals surface area contributed by atoms with Crippen LogP contribution in [0.15, 0.2) is 23.0 Å². The number of benzene rings is 1. The van der Waals surface area contributed by atoms with E-state index in [1.807, 2.05) is 25.7 Å². The van der Waals surface area contributed by atoms with Crippen molar-refractivity contribution in [3.8, 4) is 0 Å². The van der Waals surface area contributed by atoms with E-state index in [0.717, 1.165) is 17.8 Å². The highest BCUT2D eigenvalue weighted by atomic mass is 19.4. The summed E-state index contributed by atoms with van der Waals surface area (Å²) in [6.07, 6.45) is -4.08. The number of aromatic nitrogens is 2. The van der Waals surface area contributed by atoms with E-state index in [9.17, 15) is 22.4 Å². The lowest BCUT2D eigenvalue weighted by molar-refractivity contribution is -0.137. The smallest absolute Gasteiger partial charge is 0.310 e. The van der Waals surface area contributed by atoms with Gasteiger partial charge < -0.3 is 4.98 Å². The van der Waals surface area contributed by atoms with Crippen molar-refractivity contribution >= 4 is 0 Å². The molecular weight excluding hydrogens is 362 g/mol. The molecule has 8 heteroatoms. The molecule has 0 saturated carbocycles. The van der Waals surface area contributed by atoms with Crippen LogP contribution in [-0.2, 0) is 31.1 Å². The highest BCUT2D eigenvalue weighted by Gasteiger charge is 2.32. The predicted molar refractivity (Wildman–Crippen MR) is 92.8 cm³/mol. The van der Waals surface area contributed by atoms with Crippen molar-refractivity contribution in [1.82, 2.24) is 14.9 Å². The third-order valence-electron chi connectivity index (χ3n) is 4.55. The van der Waals surface area contributed by atoms with Crippen LogP contribution in [-0.4, -0.2) is 21.4 Å². The number of fused-ring (bicyclic) bond motifs is 1. The number of nitrogens with zero attached hydrogens (tertiary/aromatic N) is 2. The molecule has 1 aromatic carbocycles. The van der Waals surface area contributed by atoms with E-state index in [-0.39, 0.29) is 29.6 Å². The minimum atomic E-state index is -4.60. The molecule has 0 radical (unpaired) electrons. The van der Waals surface area contributed by atoms with E-state index in [1.165, 1.54) is 0 Å². The Morgan fingerprint density at radius 3 is 2.52 bits per heavy atom. The molecule has 0 amide bonds. The molecule has 4 nitrogen and oxygen atoms in total. The average molecular weight is 383 g/mol. The van der Waals surface area contributed by atoms with E-state index in [0.29, 0.717) is 30.4 Å². The number of halogens is 4. The number of H-pyrrole nitrogens is 1. The average Bonchev–Trinajstić information content (AvgIpc) is 2.53. The van der Waals surface area contributed by atoms with Crippen molar-refractivity contribution in [2.75, 3.05) is 6.54 Å². The zero-order chi connectivity index (χ0) is 20.0. The summed E-state index contributed by atoms with van der Waals surface area (Å²) in [5.74, 6) is -0.314. The van der Waals surface area contributed by atoms with Gasteiger partial charge in [-0.1, -0.05) is 20.8 Å². The van der Waals surface area contributed by atoms with Crippen LogP contribution in [0.3, 0.4) is 0 Å². The SMILES string of the molecule is CC(C)(C)c1nc2c(c(=O)[nH]1)CN(Cc1cc(F)cc(C(F)(F)F)c1)CC2.